The van der Waals surface area contributed by atoms with Crippen molar-refractivity contribution in [3.63, 3.8) is 0 Å². The lowest BCUT2D eigenvalue weighted by molar-refractivity contribution is -0.0761. The number of H-pyrrole nitrogens is 1. The molecule has 3 N–H and O–H groups in total. The van der Waals surface area contributed by atoms with E-state index in [0.717, 1.165) is 16.9 Å². The van der Waals surface area contributed by atoms with Crippen LogP contribution < -0.4 is 5.56 Å². The Bertz CT molecular complexity index is 1220. The number of aliphatic hydroxyl groups is 2. The minimum atomic E-state index is -1.07. The summed E-state index contributed by atoms with van der Waals surface area (Å²) < 4.78 is 18.8. The van der Waals surface area contributed by atoms with Gasteiger partial charge in [0.05, 0.1) is 32.1 Å². The van der Waals surface area contributed by atoms with Gasteiger partial charge in [0.25, 0.3) is 5.56 Å². The quantitative estimate of drug-likeness (QED) is 0.420. The number of aromatic nitrogens is 4. The molecule has 3 aromatic heterocycles. The Hall–Kier alpha value is -3.31. The average molecular weight is 424 g/mol. The Labute approximate surface area is 175 Å². The third kappa shape index (κ3) is 3.55. The molecular weight excluding hydrogens is 404 g/mol. The molecule has 1 aliphatic rings. The highest BCUT2D eigenvalue weighted by Crippen LogP contribution is 2.33. The monoisotopic (exact) mass is 424 g/mol. The Morgan fingerprint density at radius 1 is 1.19 bits per heavy atom. The Kier molecular flexibility index (Phi) is 5.12. The minimum Gasteiger partial charge on any atom is -0.464 e. The van der Waals surface area contributed by atoms with E-state index < -0.39 is 24.5 Å². The zero-order valence-corrected chi connectivity index (χ0v) is 16.3. The van der Waals surface area contributed by atoms with Crippen LogP contribution in [0.5, 0.6) is 0 Å². The van der Waals surface area contributed by atoms with Gasteiger partial charge in [-0.25, -0.2) is 9.97 Å². The number of imidazole rings is 1. The molecule has 160 valence electrons. The van der Waals surface area contributed by atoms with Crippen molar-refractivity contribution in [1.29, 1.82) is 0 Å². The Balaban J connectivity index is 1.38. The fourth-order valence-corrected chi connectivity index (χ4v) is 3.72. The van der Waals surface area contributed by atoms with Crippen LogP contribution in [0.3, 0.4) is 0 Å². The van der Waals surface area contributed by atoms with E-state index in [4.69, 9.17) is 13.9 Å². The van der Waals surface area contributed by atoms with Gasteiger partial charge >= 0.3 is 0 Å². The maximum atomic E-state index is 12.0. The van der Waals surface area contributed by atoms with Gasteiger partial charge in [0.15, 0.2) is 17.4 Å². The molecule has 1 fully saturated rings. The fourth-order valence-electron chi connectivity index (χ4n) is 3.72. The van der Waals surface area contributed by atoms with Gasteiger partial charge in [0, 0.05) is 5.56 Å². The van der Waals surface area contributed by atoms with Gasteiger partial charge in [-0.15, -0.1) is 0 Å². The molecule has 5 rings (SSSR count). The Morgan fingerprint density at radius 2 is 2.03 bits per heavy atom. The van der Waals surface area contributed by atoms with Crippen LogP contribution in [0.4, 0.5) is 0 Å². The first-order valence-corrected chi connectivity index (χ1v) is 9.74. The van der Waals surface area contributed by atoms with Crippen molar-refractivity contribution in [2.45, 2.75) is 31.1 Å². The number of hydrogen-bond acceptors (Lipinski definition) is 8. The lowest BCUT2D eigenvalue weighted by atomic mass is 10.1. The molecule has 4 atom stereocenters. The second-order valence-corrected chi connectivity index (χ2v) is 7.24. The number of nitrogens with zero attached hydrogens (tertiary/aromatic N) is 3. The molecule has 0 radical (unpaired) electrons. The fraction of sp³-hybridized carbons (Fsp3) is 0.286. The van der Waals surface area contributed by atoms with E-state index in [0.29, 0.717) is 5.65 Å². The average Bonchev–Trinajstić information content (AvgIpc) is 3.52. The molecule has 0 spiro atoms. The number of hydrogen-bond donors (Lipinski definition) is 3. The third-order valence-corrected chi connectivity index (χ3v) is 5.33. The summed E-state index contributed by atoms with van der Waals surface area (Å²) in [6.45, 7) is -0.172. The highest BCUT2D eigenvalue weighted by molar-refractivity contribution is 5.68. The van der Waals surface area contributed by atoms with Gasteiger partial charge < -0.3 is 29.1 Å². The predicted molar refractivity (Wildman–Crippen MR) is 108 cm³/mol. The summed E-state index contributed by atoms with van der Waals surface area (Å²) in [6, 6.07) is 11.4. The summed E-state index contributed by atoms with van der Waals surface area (Å²) >= 11 is 0. The molecule has 1 aliphatic heterocycles. The minimum absolute atomic E-state index is 0.153. The smallest absolute Gasteiger partial charge is 0.278 e. The van der Waals surface area contributed by atoms with Crippen LogP contribution in [0.2, 0.25) is 0 Å². The molecule has 4 aromatic rings. The third-order valence-electron chi connectivity index (χ3n) is 5.33. The zero-order chi connectivity index (χ0) is 21.4. The van der Waals surface area contributed by atoms with Crippen LogP contribution >= 0.6 is 0 Å². The lowest BCUT2D eigenvalue weighted by Gasteiger charge is -2.22. The first-order valence-electron chi connectivity index (χ1n) is 9.74. The highest BCUT2D eigenvalue weighted by Gasteiger charge is 2.45. The zero-order valence-electron chi connectivity index (χ0n) is 16.3. The largest absolute Gasteiger partial charge is 0.464 e. The predicted octanol–water partition coefficient (Wildman–Crippen LogP) is 1.22. The van der Waals surface area contributed by atoms with Crippen LogP contribution in [0.25, 0.3) is 22.5 Å². The van der Waals surface area contributed by atoms with Crippen LogP contribution in [0.15, 0.2) is 64.5 Å². The van der Waals surface area contributed by atoms with Crippen molar-refractivity contribution in [3.8, 4) is 11.3 Å². The van der Waals surface area contributed by atoms with Gasteiger partial charge in [0.1, 0.15) is 24.1 Å². The molecule has 0 bridgehead atoms. The number of aliphatic hydroxyl groups excluding tert-OH is 2. The second kappa shape index (κ2) is 8.08. The topological polar surface area (TPSA) is 136 Å². The summed E-state index contributed by atoms with van der Waals surface area (Å²) in [5.74, 6) is 0.771. The van der Waals surface area contributed by atoms with Crippen LogP contribution in [0, 0.1) is 0 Å². The van der Waals surface area contributed by atoms with E-state index in [-0.39, 0.29) is 24.3 Å². The van der Waals surface area contributed by atoms with Gasteiger partial charge in [-0.3, -0.25) is 9.36 Å². The SMILES string of the molecule is O=c1[nH]cnc2c1ncn2[C@@H]1O[C@H](CO)C(O)C1OCc1ccc(-c2ccco2)cc1. The molecule has 31 heavy (non-hydrogen) atoms. The van der Waals surface area contributed by atoms with Gasteiger partial charge in [0.2, 0.25) is 0 Å². The second-order valence-electron chi connectivity index (χ2n) is 7.24. The molecule has 10 heteroatoms. The van der Waals surface area contributed by atoms with E-state index >= 15 is 0 Å². The first kappa shape index (κ1) is 19.6. The summed E-state index contributed by atoms with van der Waals surface area (Å²) in [6.07, 6.45) is 0.780. The van der Waals surface area contributed by atoms with Crippen LogP contribution in [0.1, 0.15) is 11.8 Å². The van der Waals surface area contributed by atoms with E-state index in [1.54, 1.807) is 6.26 Å². The van der Waals surface area contributed by atoms with E-state index in [2.05, 4.69) is 15.0 Å². The van der Waals surface area contributed by atoms with E-state index in [1.807, 2.05) is 36.4 Å². The number of ether oxygens (including phenoxy) is 2. The number of furan rings is 1. The highest BCUT2D eigenvalue weighted by atomic mass is 16.6. The molecule has 4 heterocycles. The Morgan fingerprint density at radius 3 is 2.77 bits per heavy atom. The maximum absolute atomic E-state index is 12.0. The number of nitrogens with one attached hydrogen (secondary N) is 1. The molecule has 0 aliphatic carbocycles. The first-order chi connectivity index (χ1) is 15.2. The number of aromatic amines is 1. The van der Waals surface area contributed by atoms with Crippen LogP contribution in [-0.4, -0.2) is 54.7 Å². The number of rotatable bonds is 6. The van der Waals surface area contributed by atoms with Gasteiger partial charge in [-0.05, 0) is 17.7 Å². The number of benzene rings is 1. The van der Waals surface area contributed by atoms with Gasteiger partial charge in [-0.2, -0.15) is 0 Å². The van der Waals surface area contributed by atoms with Crippen molar-refractivity contribution in [1.82, 2.24) is 19.5 Å². The summed E-state index contributed by atoms with van der Waals surface area (Å²) in [4.78, 5) is 22.7. The molecular formula is C21H20N4O6. The maximum Gasteiger partial charge on any atom is 0.278 e. The molecule has 2 unspecified atom stereocenters. The lowest BCUT2D eigenvalue weighted by Crippen LogP contribution is -2.35. The molecule has 0 saturated carbocycles. The van der Waals surface area contributed by atoms with E-state index in [9.17, 15) is 15.0 Å². The number of fused-ring (bicyclic) bond motifs is 1. The standard InChI is InChI=1S/C21H20N4O6/c26-8-15-17(27)18(21(31-15)25-11-24-16-19(25)22-10-23-20(16)28)30-9-12-3-5-13(6-4-12)14-2-1-7-29-14/h1-7,10-11,15,17-18,21,26-27H,8-9H2,(H,22,23,28)/t15-,17?,18?,21-/m1/s1. The molecule has 1 saturated heterocycles. The summed E-state index contributed by atoms with van der Waals surface area (Å²) in [5.41, 5.74) is 1.91. The van der Waals surface area contributed by atoms with E-state index in [1.165, 1.54) is 17.2 Å². The summed E-state index contributed by atoms with van der Waals surface area (Å²) in [7, 11) is 0. The normalized spacial score (nSPS) is 23.5. The van der Waals surface area contributed by atoms with Crippen molar-refractivity contribution >= 4 is 11.2 Å². The molecule has 0 amide bonds. The van der Waals surface area contributed by atoms with Crippen LogP contribution in [-0.2, 0) is 16.1 Å². The molecule has 1 aromatic carbocycles. The molecule has 10 nitrogen and oxygen atoms in total. The van der Waals surface area contributed by atoms with Crippen molar-refractivity contribution in [3.05, 3.63) is 71.2 Å². The van der Waals surface area contributed by atoms with Gasteiger partial charge in [-0.1, -0.05) is 24.3 Å². The van der Waals surface area contributed by atoms with Crippen molar-refractivity contribution in [2.24, 2.45) is 0 Å². The van der Waals surface area contributed by atoms with Crippen molar-refractivity contribution in [2.75, 3.05) is 6.61 Å². The van der Waals surface area contributed by atoms with Crippen molar-refractivity contribution < 1.29 is 24.1 Å². The summed E-state index contributed by atoms with van der Waals surface area (Å²) in [5, 5.41) is 20.2.